The first-order valence-corrected chi connectivity index (χ1v) is 11.8. The van der Waals surface area contributed by atoms with Crippen molar-refractivity contribution in [3.05, 3.63) is 59.4 Å². The van der Waals surface area contributed by atoms with Crippen LogP contribution < -0.4 is 10.0 Å². The van der Waals surface area contributed by atoms with Crippen LogP contribution in [0.2, 0.25) is 0 Å². The molecule has 0 atom stereocenters. The Balaban J connectivity index is 1.55. The van der Waals surface area contributed by atoms with E-state index in [0.29, 0.717) is 0 Å². The third kappa shape index (κ3) is 4.62. The smallest absolute Gasteiger partial charge is 0.258 e. The van der Waals surface area contributed by atoms with E-state index in [1.54, 1.807) is 0 Å². The minimum absolute atomic E-state index is 0.0797. The van der Waals surface area contributed by atoms with E-state index in [-0.39, 0.29) is 16.5 Å². The van der Waals surface area contributed by atoms with E-state index in [0.717, 1.165) is 81.3 Å². The van der Waals surface area contributed by atoms with Crippen LogP contribution in [0.1, 0.15) is 55.3 Å². The van der Waals surface area contributed by atoms with Gasteiger partial charge in [-0.05, 0) is 61.9 Å². The molecule has 2 aromatic carbocycles. The molecule has 1 amide bonds. The molecule has 166 valence electrons. The van der Waals surface area contributed by atoms with Crippen molar-refractivity contribution in [1.82, 2.24) is 4.72 Å². The number of carbonyl (C=O) groups is 1. The molecule has 31 heavy (non-hydrogen) atoms. The van der Waals surface area contributed by atoms with Gasteiger partial charge in [0.25, 0.3) is 5.91 Å². The van der Waals surface area contributed by atoms with Crippen LogP contribution in [0.5, 0.6) is 0 Å². The number of nitrogens with one attached hydrogen (secondary N) is 2. The summed E-state index contributed by atoms with van der Waals surface area (Å²) in [7, 11) is -3.97. The Morgan fingerprint density at radius 1 is 0.903 bits per heavy atom. The highest BCUT2D eigenvalue weighted by Crippen LogP contribution is 2.49. The summed E-state index contributed by atoms with van der Waals surface area (Å²) in [5.41, 5.74) is -1.04. The average Bonchev–Trinajstić information content (AvgIpc) is 3.51. The van der Waals surface area contributed by atoms with Crippen LogP contribution in [-0.2, 0) is 10.0 Å². The van der Waals surface area contributed by atoms with Gasteiger partial charge in [0, 0.05) is 17.3 Å². The molecule has 0 radical (unpaired) electrons. The zero-order chi connectivity index (χ0) is 22.2. The number of amides is 1. The minimum atomic E-state index is -3.97. The number of rotatable bonds is 6. The van der Waals surface area contributed by atoms with Gasteiger partial charge in [0.2, 0.25) is 10.0 Å². The first-order valence-electron chi connectivity index (χ1n) is 10.3. The van der Waals surface area contributed by atoms with Gasteiger partial charge in [0.1, 0.15) is 5.82 Å². The number of halogens is 3. The molecule has 2 fully saturated rings. The summed E-state index contributed by atoms with van der Waals surface area (Å²) in [4.78, 5) is 12.3. The van der Waals surface area contributed by atoms with Crippen LogP contribution in [0, 0.1) is 23.4 Å². The lowest BCUT2D eigenvalue weighted by molar-refractivity contribution is 0.102. The summed E-state index contributed by atoms with van der Waals surface area (Å²) >= 11 is 0. The Morgan fingerprint density at radius 3 is 2.23 bits per heavy atom. The SMILES string of the molecule is O=C(Nc1ccc(F)c(F)c1)c1cc(S(=O)(=O)NC2(C3CCCCC3)CC2)ccc1F. The maximum atomic E-state index is 14.3. The van der Waals surface area contributed by atoms with Crippen molar-refractivity contribution >= 4 is 21.6 Å². The normalized spacial score (nSPS) is 18.5. The number of hydrogen-bond donors (Lipinski definition) is 2. The standard InChI is InChI=1S/C22H23F3N2O3S/c23-18-9-7-16(13-17(18)21(28)26-15-6-8-19(24)20(25)12-15)31(29,30)27-22(10-11-22)14-4-2-1-3-5-14/h6-9,12-14,27H,1-5,10-11H2,(H,26,28). The third-order valence-electron chi connectivity index (χ3n) is 6.18. The van der Waals surface area contributed by atoms with Crippen LogP contribution in [0.15, 0.2) is 41.3 Å². The molecule has 0 saturated heterocycles. The second-order valence-corrected chi connectivity index (χ2v) is 10.0. The fraction of sp³-hybridized carbons (Fsp3) is 0.409. The van der Waals surface area contributed by atoms with Gasteiger partial charge in [0.15, 0.2) is 11.6 Å². The quantitative estimate of drug-likeness (QED) is 0.664. The minimum Gasteiger partial charge on any atom is -0.322 e. The molecule has 0 heterocycles. The largest absolute Gasteiger partial charge is 0.322 e. The molecule has 2 saturated carbocycles. The lowest BCUT2D eigenvalue weighted by Gasteiger charge is -2.31. The zero-order valence-corrected chi connectivity index (χ0v) is 17.6. The monoisotopic (exact) mass is 452 g/mol. The highest BCUT2D eigenvalue weighted by molar-refractivity contribution is 7.89. The van der Waals surface area contributed by atoms with Crippen LogP contribution >= 0.6 is 0 Å². The molecule has 9 heteroatoms. The van der Waals surface area contributed by atoms with E-state index in [4.69, 9.17) is 0 Å². The van der Waals surface area contributed by atoms with Crippen LogP contribution in [0.25, 0.3) is 0 Å². The van der Waals surface area contributed by atoms with Gasteiger partial charge in [-0.3, -0.25) is 4.79 Å². The van der Waals surface area contributed by atoms with Gasteiger partial charge >= 0.3 is 0 Å². The van der Waals surface area contributed by atoms with Crippen LogP contribution in [0.3, 0.4) is 0 Å². The molecule has 0 unspecified atom stereocenters. The Labute approximate surface area is 179 Å². The number of anilines is 1. The van der Waals surface area contributed by atoms with Crippen LogP contribution in [0.4, 0.5) is 18.9 Å². The average molecular weight is 452 g/mol. The fourth-order valence-corrected chi connectivity index (χ4v) is 5.87. The summed E-state index contributed by atoms with van der Waals surface area (Å²) in [5.74, 6) is -3.86. The van der Waals surface area contributed by atoms with Crippen molar-refractivity contribution in [2.75, 3.05) is 5.32 Å². The molecule has 4 rings (SSSR count). The summed E-state index contributed by atoms with van der Waals surface area (Å²) in [6.07, 6.45) is 6.82. The van der Waals surface area contributed by atoms with E-state index in [1.165, 1.54) is 0 Å². The summed E-state index contributed by atoms with van der Waals surface area (Å²) in [5, 5.41) is 2.26. The Morgan fingerprint density at radius 2 is 1.58 bits per heavy atom. The van der Waals surface area contributed by atoms with E-state index in [1.807, 2.05) is 0 Å². The predicted octanol–water partition coefficient (Wildman–Crippen LogP) is 4.75. The van der Waals surface area contributed by atoms with Gasteiger partial charge in [-0.1, -0.05) is 19.3 Å². The lowest BCUT2D eigenvalue weighted by atomic mass is 9.83. The molecular weight excluding hydrogens is 429 g/mol. The molecule has 2 N–H and O–H groups in total. The highest BCUT2D eigenvalue weighted by Gasteiger charge is 2.51. The van der Waals surface area contributed by atoms with E-state index >= 15 is 0 Å². The van der Waals surface area contributed by atoms with Crippen LogP contribution in [-0.4, -0.2) is 19.9 Å². The Kier molecular flexibility index (Phi) is 5.83. The number of sulfonamides is 1. The molecule has 2 aliphatic rings. The molecule has 2 aromatic rings. The Bertz CT molecular complexity index is 1110. The van der Waals surface area contributed by atoms with E-state index in [9.17, 15) is 26.4 Å². The third-order valence-corrected chi connectivity index (χ3v) is 7.73. The summed E-state index contributed by atoms with van der Waals surface area (Å²) < 4.78 is 69.5. The molecule has 5 nitrogen and oxygen atoms in total. The van der Waals surface area contributed by atoms with Gasteiger partial charge in [-0.15, -0.1) is 0 Å². The van der Waals surface area contributed by atoms with Gasteiger partial charge in [-0.25, -0.2) is 26.3 Å². The number of hydrogen-bond acceptors (Lipinski definition) is 3. The van der Waals surface area contributed by atoms with Crippen molar-refractivity contribution in [3.63, 3.8) is 0 Å². The molecule has 0 aliphatic heterocycles. The highest BCUT2D eigenvalue weighted by atomic mass is 32.2. The maximum absolute atomic E-state index is 14.3. The molecular formula is C22H23F3N2O3S. The van der Waals surface area contributed by atoms with Gasteiger partial charge < -0.3 is 5.32 Å². The molecule has 0 bridgehead atoms. The second kappa shape index (κ2) is 8.27. The molecule has 0 aromatic heterocycles. The van der Waals surface area contributed by atoms with Gasteiger partial charge in [0.05, 0.1) is 10.5 Å². The first kappa shape index (κ1) is 21.8. The fourth-order valence-electron chi connectivity index (χ4n) is 4.33. The molecule has 2 aliphatic carbocycles. The van der Waals surface area contributed by atoms with Crippen molar-refractivity contribution in [2.24, 2.45) is 5.92 Å². The lowest BCUT2D eigenvalue weighted by Crippen LogP contribution is -2.43. The maximum Gasteiger partial charge on any atom is 0.258 e. The Hall–Kier alpha value is -2.39. The molecule has 0 spiro atoms. The van der Waals surface area contributed by atoms with E-state index < -0.39 is 44.5 Å². The number of benzene rings is 2. The summed E-state index contributed by atoms with van der Waals surface area (Å²) in [6.45, 7) is 0. The second-order valence-electron chi connectivity index (χ2n) is 8.32. The van der Waals surface area contributed by atoms with E-state index in [2.05, 4.69) is 10.0 Å². The van der Waals surface area contributed by atoms with Crippen molar-refractivity contribution in [2.45, 2.75) is 55.4 Å². The first-order chi connectivity index (χ1) is 14.7. The van der Waals surface area contributed by atoms with Gasteiger partial charge in [-0.2, -0.15) is 0 Å². The number of carbonyl (C=O) groups excluding carboxylic acids is 1. The van der Waals surface area contributed by atoms with Crippen molar-refractivity contribution < 1.29 is 26.4 Å². The predicted molar refractivity (Wildman–Crippen MR) is 110 cm³/mol. The summed E-state index contributed by atoms with van der Waals surface area (Å²) in [6, 6.07) is 5.69. The zero-order valence-electron chi connectivity index (χ0n) is 16.8. The topological polar surface area (TPSA) is 75.3 Å². The van der Waals surface area contributed by atoms with Crippen molar-refractivity contribution in [1.29, 1.82) is 0 Å². The van der Waals surface area contributed by atoms with Crippen molar-refractivity contribution in [3.8, 4) is 0 Å².